The maximum absolute atomic E-state index is 12.5. The molecule has 1 aliphatic carbocycles. The summed E-state index contributed by atoms with van der Waals surface area (Å²) < 4.78 is 0. The van der Waals surface area contributed by atoms with Gasteiger partial charge < -0.3 is 15.5 Å². The lowest BCUT2D eigenvalue weighted by Crippen LogP contribution is -2.51. The Labute approximate surface area is 170 Å². The molecule has 1 aliphatic heterocycles. The van der Waals surface area contributed by atoms with Crippen molar-refractivity contribution in [3.63, 3.8) is 0 Å². The SMILES string of the molecule is Cl.Cl.O=C(CNC(Cc1ccccc1)C1CCCCC1)N1CCNCC1. The third-order valence-corrected chi connectivity index (χ3v) is 5.50. The Hall–Kier alpha value is -0.810. The van der Waals surface area contributed by atoms with Gasteiger partial charge in [0, 0.05) is 32.2 Å². The summed E-state index contributed by atoms with van der Waals surface area (Å²) in [5.74, 6) is 0.958. The van der Waals surface area contributed by atoms with Crippen LogP contribution in [0.1, 0.15) is 37.7 Å². The first kappa shape index (κ1) is 23.2. The Balaban J connectivity index is 0.00000169. The molecule has 2 fully saturated rings. The first-order chi connectivity index (χ1) is 11.8. The van der Waals surface area contributed by atoms with Gasteiger partial charge in [0.05, 0.1) is 6.54 Å². The van der Waals surface area contributed by atoms with Crippen molar-refractivity contribution in [3.05, 3.63) is 35.9 Å². The molecule has 1 heterocycles. The highest BCUT2D eigenvalue weighted by atomic mass is 35.5. The zero-order valence-corrected chi connectivity index (χ0v) is 17.1. The van der Waals surface area contributed by atoms with Gasteiger partial charge in [-0.1, -0.05) is 49.6 Å². The van der Waals surface area contributed by atoms with Gasteiger partial charge in [-0.2, -0.15) is 0 Å². The summed E-state index contributed by atoms with van der Waals surface area (Å²) in [6.45, 7) is 4.00. The molecule has 0 aromatic heterocycles. The van der Waals surface area contributed by atoms with Crippen molar-refractivity contribution in [2.45, 2.75) is 44.6 Å². The maximum atomic E-state index is 12.5. The van der Waals surface area contributed by atoms with Crippen LogP contribution in [0.15, 0.2) is 30.3 Å². The van der Waals surface area contributed by atoms with Crippen molar-refractivity contribution in [1.29, 1.82) is 0 Å². The smallest absolute Gasteiger partial charge is 0.236 e. The summed E-state index contributed by atoms with van der Waals surface area (Å²) >= 11 is 0. The Morgan fingerprint density at radius 3 is 2.38 bits per heavy atom. The summed E-state index contributed by atoms with van der Waals surface area (Å²) in [5, 5.41) is 6.93. The summed E-state index contributed by atoms with van der Waals surface area (Å²) in [6.07, 6.45) is 7.67. The Bertz CT molecular complexity index is 503. The van der Waals surface area contributed by atoms with Crippen LogP contribution in [0.5, 0.6) is 0 Å². The molecular weight excluding hydrogens is 369 g/mol. The second-order valence-electron chi connectivity index (χ2n) is 7.21. The van der Waals surface area contributed by atoms with Crippen LogP contribution < -0.4 is 10.6 Å². The number of piperazine rings is 1. The number of hydrogen-bond donors (Lipinski definition) is 2. The van der Waals surface area contributed by atoms with Crippen molar-refractivity contribution in [2.75, 3.05) is 32.7 Å². The van der Waals surface area contributed by atoms with Crippen LogP contribution >= 0.6 is 24.8 Å². The molecular formula is C20H33Cl2N3O. The van der Waals surface area contributed by atoms with E-state index in [9.17, 15) is 4.79 Å². The number of amides is 1. The molecule has 0 bridgehead atoms. The molecule has 1 unspecified atom stereocenters. The van der Waals surface area contributed by atoms with E-state index in [1.54, 1.807) is 0 Å². The molecule has 1 aromatic carbocycles. The zero-order valence-electron chi connectivity index (χ0n) is 15.5. The highest BCUT2D eigenvalue weighted by Gasteiger charge is 2.25. The van der Waals surface area contributed by atoms with Crippen molar-refractivity contribution >= 4 is 30.7 Å². The lowest BCUT2D eigenvalue weighted by molar-refractivity contribution is -0.131. The van der Waals surface area contributed by atoms with E-state index in [4.69, 9.17) is 0 Å². The van der Waals surface area contributed by atoms with Gasteiger partial charge in [0.25, 0.3) is 0 Å². The average Bonchev–Trinajstić information content (AvgIpc) is 2.67. The topological polar surface area (TPSA) is 44.4 Å². The number of carbonyl (C=O) groups excluding carboxylic acids is 1. The molecule has 6 heteroatoms. The first-order valence-corrected chi connectivity index (χ1v) is 9.59. The number of benzene rings is 1. The second-order valence-corrected chi connectivity index (χ2v) is 7.21. The molecule has 1 atom stereocenters. The maximum Gasteiger partial charge on any atom is 0.236 e. The zero-order chi connectivity index (χ0) is 16.6. The van der Waals surface area contributed by atoms with E-state index in [-0.39, 0.29) is 30.7 Å². The summed E-state index contributed by atoms with van der Waals surface area (Å²) in [5.41, 5.74) is 1.37. The lowest BCUT2D eigenvalue weighted by atomic mass is 9.81. The normalized spacial score (nSPS) is 19.2. The van der Waals surface area contributed by atoms with Gasteiger partial charge in [-0.05, 0) is 30.7 Å². The fraction of sp³-hybridized carbons (Fsp3) is 0.650. The number of nitrogens with zero attached hydrogens (tertiary/aromatic N) is 1. The number of hydrogen-bond acceptors (Lipinski definition) is 3. The van der Waals surface area contributed by atoms with Crippen LogP contribution in [0, 0.1) is 5.92 Å². The molecule has 2 N–H and O–H groups in total. The van der Waals surface area contributed by atoms with Gasteiger partial charge >= 0.3 is 0 Å². The predicted octanol–water partition coefficient (Wildman–Crippen LogP) is 3.04. The molecule has 148 valence electrons. The van der Waals surface area contributed by atoms with Gasteiger partial charge in [-0.3, -0.25) is 4.79 Å². The Morgan fingerprint density at radius 1 is 1.08 bits per heavy atom. The first-order valence-electron chi connectivity index (χ1n) is 9.59. The van der Waals surface area contributed by atoms with Crippen molar-refractivity contribution < 1.29 is 4.79 Å². The molecule has 1 saturated carbocycles. The average molecular weight is 402 g/mol. The van der Waals surface area contributed by atoms with Crippen molar-refractivity contribution in [2.24, 2.45) is 5.92 Å². The monoisotopic (exact) mass is 401 g/mol. The minimum absolute atomic E-state index is 0. The summed E-state index contributed by atoms with van der Waals surface area (Å²) in [6, 6.07) is 11.1. The minimum Gasteiger partial charge on any atom is -0.339 e. The van der Waals surface area contributed by atoms with Crippen molar-refractivity contribution in [1.82, 2.24) is 15.5 Å². The molecule has 3 rings (SSSR count). The van der Waals surface area contributed by atoms with Gasteiger partial charge in [0.1, 0.15) is 0 Å². The van der Waals surface area contributed by atoms with E-state index in [1.807, 2.05) is 4.90 Å². The lowest BCUT2D eigenvalue weighted by Gasteiger charge is -2.33. The van der Waals surface area contributed by atoms with E-state index in [0.29, 0.717) is 18.5 Å². The number of halogens is 2. The molecule has 4 nitrogen and oxygen atoms in total. The van der Waals surface area contributed by atoms with Gasteiger partial charge in [0.2, 0.25) is 5.91 Å². The van der Waals surface area contributed by atoms with E-state index in [0.717, 1.165) is 32.6 Å². The van der Waals surface area contributed by atoms with E-state index < -0.39 is 0 Å². The molecule has 1 saturated heterocycles. The van der Waals surface area contributed by atoms with Gasteiger partial charge in [-0.25, -0.2) is 0 Å². The predicted molar refractivity (Wildman–Crippen MR) is 112 cm³/mol. The van der Waals surface area contributed by atoms with Gasteiger partial charge in [-0.15, -0.1) is 24.8 Å². The molecule has 2 aliphatic rings. The molecule has 1 aromatic rings. The van der Waals surface area contributed by atoms with E-state index >= 15 is 0 Å². The van der Waals surface area contributed by atoms with Crippen LogP contribution in [-0.4, -0.2) is 49.6 Å². The third-order valence-electron chi connectivity index (χ3n) is 5.50. The highest BCUT2D eigenvalue weighted by Crippen LogP contribution is 2.28. The minimum atomic E-state index is 0. The van der Waals surface area contributed by atoms with Crippen LogP contribution in [0.2, 0.25) is 0 Å². The van der Waals surface area contributed by atoms with E-state index in [1.165, 1.54) is 37.7 Å². The highest BCUT2D eigenvalue weighted by molar-refractivity contribution is 5.85. The fourth-order valence-electron chi connectivity index (χ4n) is 4.05. The third kappa shape index (κ3) is 7.07. The number of rotatable bonds is 6. The van der Waals surface area contributed by atoms with Gasteiger partial charge in [0.15, 0.2) is 0 Å². The van der Waals surface area contributed by atoms with E-state index in [2.05, 4.69) is 41.0 Å². The standard InChI is InChI=1S/C20H31N3O.2ClH/c24-20(23-13-11-21-12-14-23)16-22-19(18-9-5-2-6-10-18)15-17-7-3-1-4-8-17;;/h1,3-4,7-8,18-19,21-22H,2,5-6,9-16H2;2*1H. The second kappa shape index (κ2) is 12.6. The Morgan fingerprint density at radius 2 is 1.73 bits per heavy atom. The number of nitrogens with one attached hydrogen (secondary N) is 2. The summed E-state index contributed by atoms with van der Waals surface area (Å²) in [7, 11) is 0. The van der Waals surface area contributed by atoms with Crippen molar-refractivity contribution in [3.8, 4) is 0 Å². The quantitative estimate of drug-likeness (QED) is 0.769. The summed E-state index contributed by atoms with van der Waals surface area (Å²) in [4.78, 5) is 14.5. The largest absolute Gasteiger partial charge is 0.339 e. The van der Waals surface area contributed by atoms with Crippen LogP contribution in [0.4, 0.5) is 0 Å². The molecule has 0 spiro atoms. The van der Waals surface area contributed by atoms with Crippen LogP contribution in [0.3, 0.4) is 0 Å². The fourth-order valence-corrected chi connectivity index (χ4v) is 4.05. The molecule has 1 amide bonds. The van der Waals surface area contributed by atoms with Crippen LogP contribution in [0.25, 0.3) is 0 Å². The number of carbonyl (C=O) groups is 1. The Kier molecular flexibility index (Phi) is 11.2. The van der Waals surface area contributed by atoms with Crippen LogP contribution in [-0.2, 0) is 11.2 Å². The molecule has 0 radical (unpaired) electrons. The molecule has 26 heavy (non-hydrogen) atoms.